The molecule has 1 saturated carbocycles. The molecule has 2 aliphatic carbocycles. The highest BCUT2D eigenvalue weighted by Crippen LogP contribution is 2.47. The van der Waals surface area contributed by atoms with Gasteiger partial charge in [0, 0.05) is 54.0 Å². The van der Waals surface area contributed by atoms with Crippen LogP contribution in [0.15, 0.2) is 60.7 Å². The van der Waals surface area contributed by atoms with E-state index in [1.807, 2.05) is 47.4 Å². The summed E-state index contributed by atoms with van der Waals surface area (Å²) < 4.78 is 27.1. The summed E-state index contributed by atoms with van der Waals surface area (Å²) in [6.45, 7) is 1.29. The molecule has 0 spiro atoms. The summed E-state index contributed by atoms with van der Waals surface area (Å²) in [5.74, 6) is -0.577. The maximum Gasteiger partial charge on any atom is 0.319 e. The van der Waals surface area contributed by atoms with Gasteiger partial charge in [-0.25, -0.2) is 13.6 Å². The molecule has 4 nitrogen and oxygen atoms in total. The molecule has 31 heavy (non-hydrogen) atoms. The minimum Gasteiger partial charge on any atom is -0.368 e. The molecule has 1 aliphatic heterocycles. The molecule has 3 aliphatic rings. The first-order valence-electron chi connectivity index (χ1n) is 10.3. The van der Waals surface area contributed by atoms with Gasteiger partial charge in [0.25, 0.3) is 0 Å². The number of allylic oxidation sites excluding steroid dienone is 4. The Hall–Kier alpha value is -3.06. The number of anilines is 2. The molecule has 0 bridgehead atoms. The fourth-order valence-electron chi connectivity index (χ4n) is 4.56. The maximum atomic E-state index is 14.0. The molecule has 2 amide bonds. The summed E-state index contributed by atoms with van der Waals surface area (Å²) in [4.78, 5) is 15.3. The Kier molecular flexibility index (Phi) is 5.06. The van der Waals surface area contributed by atoms with Gasteiger partial charge in [-0.05, 0) is 35.4 Å². The molecule has 3 atom stereocenters. The zero-order chi connectivity index (χ0) is 21.5. The second-order valence-corrected chi connectivity index (χ2v) is 8.66. The Balaban J connectivity index is 1.17. The number of nitrogens with zero attached hydrogens (tertiary/aromatic N) is 1. The van der Waals surface area contributed by atoms with E-state index in [4.69, 9.17) is 12.2 Å². The first-order valence-corrected chi connectivity index (χ1v) is 10.7. The average molecular weight is 438 g/mol. The van der Waals surface area contributed by atoms with E-state index >= 15 is 0 Å². The fraction of sp³-hybridized carbons (Fsp3) is 0.250. The summed E-state index contributed by atoms with van der Waals surface area (Å²) in [5, 5.41) is 5.93. The van der Waals surface area contributed by atoms with Crippen LogP contribution in [0.1, 0.15) is 12.0 Å². The highest BCUT2D eigenvalue weighted by molar-refractivity contribution is 7.81. The molecule has 0 aromatic heterocycles. The minimum absolute atomic E-state index is 0.0710. The van der Waals surface area contributed by atoms with Crippen LogP contribution in [0.4, 0.5) is 25.0 Å². The van der Waals surface area contributed by atoms with Gasteiger partial charge in [0.15, 0.2) is 0 Å². The van der Waals surface area contributed by atoms with E-state index in [0.29, 0.717) is 24.5 Å². The number of rotatable bonds is 4. The number of carbonyl (C=O) groups excluding carboxylic acids is 1. The van der Waals surface area contributed by atoms with Gasteiger partial charge in [-0.15, -0.1) is 0 Å². The Morgan fingerprint density at radius 3 is 2.65 bits per heavy atom. The molecule has 0 radical (unpaired) electrons. The normalized spacial score (nSPS) is 23.9. The number of thiocarbonyl (C=S) groups is 1. The van der Waals surface area contributed by atoms with Crippen LogP contribution in [-0.2, 0) is 0 Å². The maximum absolute atomic E-state index is 14.0. The lowest BCUT2D eigenvalue weighted by atomic mass is 9.97. The number of carbonyl (C=O) groups is 1. The average Bonchev–Trinajstić information content (AvgIpc) is 3.17. The molecule has 2 aromatic rings. The molecule has 5 rings (SSSR count). The Bertz CT molecular complexity index is 1120. The van der Waals surface area contributed by atoms with Crippen LogP contribution in [0.25, 0.3) is 5.57 Å². The number of amides is 2. The van der Waals surface area contributed by atoms with Gasteiger partial charge in [-0.3, -0.25) is 0 Å². The third-order valence-electron chi connectivity index (χ3n) is 6.18. The molecule has 2 fully saturated rings. The van der Waals surface area contributed by atoms with Crippen molar-refractivity contribution in [2.75, 3.05) is 23.3 Å². The van der Waals surface area contributed by atoms with Crippen LogP contribution in [0, 0.1) is 23.5 Å². The van der Waals surface area contributed by atoms with Gasteiger partial charge in [0.2, 0.25) is 0 Å². The fourth-order valence-corrected chi connectivity index (χ4v) is 4.84. The number of benzene rings is 2. The molecule has 1 unspecified atom stereocenters. The van der Waals surface area contributed by atoms with Crippen molar-refractivity contribution in [2.24, 2.45) is 11.8 Å². The zero-order valence-corrected chi connectivity index (χ0v) is 17.5. The zero-order valence-electron chi connectivity index (χ0n) is 16.6. The Labute approximate surface area is 184 Å². The van der Waals surface area contributed by atoms with E-state index in [1.54, 1.807) is 0 Å². The summed E-state index contributed by atoms with van der Waals surface area (Å²) in [6.07, 6.45) is 6.76. The summed E-state index contributed by atoms with van der Waals surface area (Å²) in [6, 6.07) is 11.1. The molecule has 158 valence electrons. The van der Waals surface area contributed by atoms with Crippen molar-refractivity contribution in [3.05, 3.63) is 77.9 Å². The third kappa shape index (κ3) is 3.97. The van der Waals surface area contributed by atoms with Crippen molar-refractivity contribution in [1.29, 1.82) is 0 Å². The van der Waals surface area contributed by atoms with Gasteiger partial charge < -0.3 is 15.5 Å². The Morgan fingerprint density at radius 2 is 1.90 bits per heavy atom. The second-order valence-electron chi connectivity index (χ2n) is 8.17. The van der Waals surface area contributed by atoms with Crippen LogP contribution < -0.4 is 15.5 Å². The number of halogens is 2. The van der Waals surface area contributed by atoms with Crippen LogP contribution in [0.2, 0.25) is 0 Å². The SMILES string of the molecule is O=C(Nc1cccc(C2=CC=CCC2=S)c1)NC1[C@H]2CN(c3ccc(F)cc3F)C[C@@H]12. The van der Waals surface area contributed by atoms with Crippen molar-refractivity contribution < 1.29 is 13.6 Å². The number of urea groups is 1. The summed E-state index contributed by atoms with van der Waals surface area (Å²) in [7, 11) is 0. The van der Waals surface area contributed by atoms with E-state index in [0.717, 1.165) is 28.5 Å². The second kappa shape index (κ2) is 7.89. The predicted octanol–water partition coefficient (Wildman–Crippen LogP) is 4.93. The van der Waals surface area contributed by atoms with E-state index in [2.05, 4.69) is 10.6 Å². The Morgan fingerprint density at radius 1 is 1.10 bits per heavy atom. The largest absolute Gasteiger partial charge is 0.368 e. The van der Waals surface area contributed by atoms with Gasteiger partial charge in [0.1, 0.15) is 11.6 Å². The lowest BCUT2D eigenvalue weighted by Gasteiger charge is -2.23. The molecule has 2 N–H and O–H groups in total. The van der Waals surface area contributed by atoms with Crippen LogP contribution in [0.3, 0.4) is 0 Å². The highest BCUT2D eigenvalue weighted by atomic mass is 32.1. The van der Waals surface area contributed by atoms with Crippen LogP contribution in [-0.4, -0.2) is 30.0 Å². The van der Waals surface area contributed by atoms with Crippen molar-refractivity contribution in [2.45, 2.75) is 12.5 Å². The minimum atomic E-state index is -0.580. The lowest BCUT2D eigenvalue weighted by Crippen LogP contribution is -2.37. The first kappa shape index (κ1) is 19.9. The third-order valence-corrected chi connectivity index (χ3v) is 6.56. The monoisotopic (exact) mass is 437 g/mol. The molecular weight excluding hydrogens is 416 g/mol. The van der Waals surface area contributed by atoms with Gasteiger partial charge in [0.05, 0.1) is 5.69 Å². The number of fused-ring (bicyclic) bond motifs is 1. The standard InChI is InChI=1S/C24H21F2N3OS/c25-15-8-9-21(20(26)11-15)29-12-18-19(13-29)23(18)28-24(30)27-16-5-3-4-14(10-16)17-6-1-2-7-22(17)31/h1-6,8-11,18-19,23H,7,12-13H2,(H2,27,28,30)/t18-,19+,23?. The van der Waals surface area contributed by atoms with Gasteiger partial charge in [-0.2, -0.15) is 0 Å². The first-order chi connectivity index (χ1) is 15.0. The van der Waals surface area contributed by atoms with Gasteiger partial charge in [-0.1, -0.05) is 42.6 Å². The van der Waals surface area contributed by atoms with E-state index in [1.165, 1.54) is 12.1 Å². The number of hydrogen-bond donors (Lipinski definition) is 2. The van der Waals surface area contributed by atoms with Crippen LogP contribution in [0.5, 0.6) is 0 Å². The van der Waals surface area contributed by atoms with Crippen molar-refractivity contribution in [3.63, 3.8) is 0 Å². The molecule has 1 heterocycles. The topological polar surface area (TPSA) is 44.4 Å². The van der Waals surface area contributed by atoms with E-state index in [9.17, 15) is 13.6 Å². The van der Waals surface area contributed by atoms with Crippen molar-refractivity contribution in [1.82, 2.24) is 5.32 Å². The van der Waals surface area contributed by atoms with Gasteiger partial charge >= 0.3 is 6.03 Å². The number of piperidine rings is 1. The molecule has 2 aromatic carbocycles. The molecule has 7 heteroatoms. The van der Waals surface area contributed by atoms with E-state index < -0.39 is 11.6 Å². The summed E-state index contributed by atoms with van der Waals surface area (Å²) in [5.41, 5.74) is 3.10. The van der Waals surface area contributed by atoms with Crippen molar-refractivity contribution >= 4 is 40.1 Å². The van der Waals surface area contributed by atoms with Crippen molar-refractivity contribution in [3.8, 4) is 0 Å². The predicted molar refractivity (Wildman–Crippen MR) is 122 cm³/mol. The number of nitrogens with one attached hydrogen (secondary N) is 2. The van der Waals surface area contributed by atoms with E-state index in [-0.39, 0.29) is 23.9 Å². The van der Waals surface area contributed by atoms with Crippen LogP contribution >= 0.6 is 12.2 Å². The highest BCUT2D eigenvalue weighted by Gasteiger charge is 2.56. The summed E-state index contributed by atoms with van der Waals surface area (Å²) >= 11 is 5.45. The smallest absolute Gasteiger partial charge is 0.319 e. The molecular formula is C24H21F2N3OS. The molecule has 1 saturated heterocycles. The lowest BCUT2D eigenvalue weighted by molar-refractivity contribution is 0.250. The number of hydrogen-bond acceptors (Lipinski definition) is 3. The quantitative estimate of drug-likeness (QED) is 0.667.